The topological polar surface area (TPSA) is 0 Å². The van der Waals surface area contributed by atoms with Crippen LogP contribution >= 0.6 is 11.8 Å². The highest BCUT2D eigenvalue weighted by Gasteiger charge is 2.01. The number of benzene rings is 1. The van der Waals surface area contributed by atoms with E-state index in [-0.39, 0.29) is 0 Å². The average Bonchev–Trinajstić information content (AvgIpc) is 2.12. The normalized spacial score (nSPS) is 10.4. The molecule has 0 aliphatic heterocycles. The van der Waals surface area contributed by atoms with Crippen molar-refractivity contribution in [1.82, 2.24) is 0 Å². The van der Waals surface area contributed by atoms with Crippen molar-refractivity contribution < 1.29 is 8.78 Å². The van der Waals surface area contributed by atoms with E-state index in [1.165, 1.54) is 12.1 Å². The van der Waals surface area contributed by atoms with E-state index in [0.29, 0.717) is 0 Å². The third-order valence-electron chi connectivity index (χ3n) is 1.66. The fourth-order valence-electron chi connectivity index (χ4n) is 0.901. The van der Waals surface area contributed by atoms with Crippen LogP contribution in [0.2, 0.25) is 0 Å². The fraction of sp³-hybridized carbons (Fsp3) is 0.400. The highest BCUT2D eigenvalue weighted by Crippen LogP contribution is 2.21. The van der Waals surface area contributed by atoms with E-state index in [0.717, 1.165) is 23.5 Å². The standard InChI is InChI=1S/C10H12F2S/c1-2-3-6-13-8-4-5-9(11)10(12)7-8/h4-5,7H,2-3,6H2,1H3. The van der Waals surface area contributed by atoms with Gasteiger partial charge in [0.25, 0.3) is 0 Å². The van der Waals surface area contributed by atoms with Gasteiger partial charge in [0.1, 0.15) is 0 Å². The van der Waals surface area contributed by atoms with Crippen LogP contribution in [0.25, 0.3) is 0 Å². The van der Waals surface area contributed by atoms with E-state index in [4.69, 9.17) is 0 Å². The first kappa shape index (κ1) is 10.5. The van der Waals surface area contributed by atoms with E-state index in [9.17, 15) is 8.78 Å². The molecule has 1 aromatic carbocycles. The van der Waals surface area contributed by atoms with Crippen LogP contribution in [0.5, 0.6) is 0 Å². The number of hydrogen-bond acceptors (Lipinski definition) is 1. The minimum Gasteiger partial charge on any atom is -0.204 e. The predicted molar refractivity (Wildman–Crippen MR) is 52.0 cm³/mol. The van der Waals surface area contributed by atoms with Crippen LogP contribution in [0.3, 0.4) is 0 Å². The van der Waals surface area contributed by atoms with Crippen molar-refractivity contribution in [2.45, 2.75) is 24.7 Å². The van der Waals surface area contributed by atoms with E-state index in [1.807, 2.05) is 0 Å². The molecule has 0 saturated heterocycles. The number of hydrogen-bond donors (Lipinski definition) is 0. The number of unbranched alkanes of at least 4 members (excludes halogenated alkanes) is 1. The van der Waals surface area contributed by atoms with Gasteiger partial charge in [-0.2, -0.15) is 0 Å². The summed E-state index contributed by atoms with van der Waals surface area (Å²) in [6, 6.07) is 4.03. The largest absolute Gasteiger partial charge is 0.204 e. The van der Waals surface area contributed by atoms with Gasteiger partial charge in [-0.15, -0.1) is 11.8 Å². The van der Waals surface area contributed by atoms with Crippen molar-refractivity contribution in [3.63, 3.8) is 0 Å². The SMILES string of the molecule is CCCCSc1ccc(F)c(F)c1. The minimum absolute atomic E-state index is 0.763. The lowest BCUT2D eigenvalue weighted by Crippen LogP contribution is -1.84. The molecule has 3 heteroatoms. The van der Waals surface area contributed by atoms with Crippen LogP contribution in [0.15, 0.2) is 23.1 Å². The predicted octanol–water partition coefficient (Wildman–Crippen LogP) is 3.86. The Morgan fingerprint density at radius 1 is 1.23 bits per heavy atom. The lowest BCUT2D eigenvalue weighted by atomic mass is 10.3. The average molecular weight is 202 g/mol. The van der Waals surface area contributed by atoms with Gasteiger partial charge >= 0.3 is 0 Å². The summed E-state index contributed by atoms with van der Waals surface area (Å²) in [5.74, 6) is -0.581. The highest BCUT2D eigenvalue weighted by atomic mass is 32.2. The molecule has 1 aromatic rings. The van der Waals surface area contributed by atoms with Crippen LogP contribution in [0, 0.1) is 11.6 Å². The molecule has 0 radical (unpaired) electrons. The molecule has 0 atom stereocenters. The summed E-state index contributed by atoms with van der Waals surface area (Å²) in [5, 5.41) is 0. The Morgan fingerprint density at radius 3 is 2.62 bits per heavy atom. The first-order valence-electron chi connectivity index (χ1n) is 4.32. The van der Waals surface area contributed by atoms with Gasteiger partial charge in [0, 0.05) is 4.90 Å². The molecule has 0 fully saturated rings. The van der Waals surface area contributed by atoms with E-state index < -0.39 is 11.6 Å². The maximum absolute atomic E-state index is 12.7. The fourth-order valence-corrected chi connectivity index (χ4v) is 1.92. The zero-order chi connectivity index (χ0) is 9.68. The number of thioether (sulfide) groups is 1. The Balaban J connectivity index is 2.53. The van der Waals surface area contributed by atoms with Gasteiger partial charge in [-0.3, -0.25) is 0 Å². The Hall–Kier alpha value is -0.570. The van der Waals surface area contributed by atoms with Crippen LogP contribution in [-0.2, 0) is 0 Å². The molecule has 13 heavy (non-hydrogen) atoms. The molecule has 0 unspecified atom stereocenters. The van der Waals surface area contributed by atoms with Gasteiger partial charge in [0.05, 0.1) is 0 Å². The second-order valence-corrected chi connectivity index (χ2v) is 3.95. The van der Waals surface area contributed by atoms with Crippen LogP contribution < -0.4 is 0 Å². The first-order valence-corrected chi connectivity index (χ1v) is 5.30. The Morgan fingerprint density at radius 2 is 2.00 bits per heavy atom. The second kappa shape index (κ2) is 5.22. The molecule has 0 aliphatic rings. The molecule has 0 nitrogen and oxygen atoms in total. The summed E-state index contributed by atoms with van der Waals surface area (Å²) in [5.41, 5.74) is 0. The molecule has 1 rings (SSSR count). The van der Waals surface area contributed by atoms with Crippen molar-refractivity contribution in [3.8, 4) is 0 Å². The molecule has 0 aliphatic carbocycles. The van der Waals surface area contributed by atoms with E-state index in [2.05, 4.69) is 6.92 Å². The summed E-state index contributed by atoms with van der Waals surface area (Å²) < 4.78 is 25.2. The molecule has 0 bridgehead atoms. The summed E-state index contributed by atoms with van der Waals surface area (Å²) in [6.07, 6.45) is 2.22. The second-order valence-electron chi connectivity index (χ2n) is 2.78. The van der Waals surface area contributed by atoms with Crippen LogP contribution in [-0.4, -0.2) is 5.75 Å². The van der Waals surface area contributed by atoms with Gasteiger partial charge in [-0.25, -0.2) is 8.78 Å². The smallest absolute Gasteiger partial charge is 0.159 e. The molecule has 72 valence electrons. The zero-order valence-corrected chi connectivity index (χ0v) is 8.33. The molecule has 0 aromatic heterocycles. The number of rotatable bonds is 4. The minimum atomic E-state index is -0.778. The van der Waals surface area contributed by atoms with Gasteiger partial charge in [-0.05, 0) is 30.4 Å². The molecular weight excluding hydrogens is 190 g/mol. The van der Waals surface area contributed by atoms with Gasteiger partial charge < -0.3 is 0 Å². The van der Waals surface area contributed by atoms with Crippen molar-refractivity contribution in [1.29, 1.82) is 0 Å². The van der Waals surface area contributed by atoms with E-state index >= 15 is 0 Å². The third kappa shape index (κ3) is 3.35. The molecule has 0 amide bonds. The molecule has 0 saturated carbocycles. The van der Waals surface area contributed by atoms with Gasteiger partial charge in [-0.1, -0.05) is 13.3 Å². The van der Waals surface area contributed by atoms with Crippen molar-refractivity contribution in [2.75, 3.05) is 5.75 Å². The maximum Gasteiger partial charge on any atom is 0.159 e. The van der Waals surface area contributed by atoms with Crippen molar-refractivity contribution in [2.24, 2.45) is 0 Å². The lowest BCUT2D eigenvalue weighted by molar-refractivity contribution is 0.506. The number of halogens is 2. The highest BCUT2D eigenvalue weighted by molar-refractivity contribution is 7.99. The summed E-state index contributed by atoms with van der Waals surface area (Å²) >= 11 is 1.56. The van der Waals surface area contributed by atoms with Gasteiger partial charge in [0.15, 0.2) is 11.6 Å². The quantitative estimate of drug-likeness (QED) is 0.527. The summed E-state index contributed by atoms with van der Waals surface area (Å²) in [6.45, 7) is 2.10. The van der Waals surface area contributed by atoms with E-state index in [1.54, 1.807) is 17.8 Å². The van der Waals surface area contributed by atoms with Gasteiger partial charge in [0.2, 0.25) is 0 Å². The molecule has 0 N–H and O–H groups in total. The molecule has 0 heterocycles. The lowest BCUT2D eigenvalue weighted by Gasteiger charge is -2.00. The van der Waals surface area contributed by atoms with Crippen molar-refractivity contribution in [3.05, 3.63) is 29.8 Å². The summed E-state index contributed by atoms with van der Waals surface area (Å²) in [4.78, 5) is 0.798. The van der Waals surface area contributed by atoms with Crippen molar-refractivity contribution >= 4 is 11.8 Å². The summed E-state index contributed by atoms with van der Waals surface area (Å²) in [7, 11) is 0. The Kier molecular flexibility index (Phi) is 4.22. The van der Waals surface area contributed by atoms with Crippen LogP contribution in [0.4, 0.5) is 8.78 Å². The maximum atomic E-state index is 12.7. The zero-order valence-electron chi connectivity index (χ0n) is 7.52. The van der Waals surface area contributed by atoms with Crippen LogP contribution in [0.1, 0.15) is 19.8 Å². The Bertz CT molecular complexity index is 274. The third-order valence-corrected chi connectivity index (χ3v) is 2.74. The first-order chi connectivity index (χ1) is 6.24. The molecular formula is C10H12F2S. The molecule has 0 spiro atoms. The monoisotopic (exact) mass is 202 g/mol. The Labute approximate surface area is 81.3 Å².